The van der Waals surface area contributed by atoms with Crippen LogP contribution < -0.4 is 5.32 Å². The van der Waals surface area contributed by atoms with Gasteiger partial charge in [-0.25, -0.2) is 9.78 Å². The number of anilines is 1. The Labute approximate surface area is 108 Å². The molecule has 19 heavy (non-hydrogen) atoms. The number of carbonyl (C=O) groups is 2. The van der Waals surface area contributed by atoms with Crippen LogP contribution in [0, 0.1) is 0 Å². The number of aromatic nitrogens is 3. The average Bonchev–Trinajstić information content (AvgIpc) is 2.88. The molecule has 2 rings (SSSR count). The van der Waals surface area contributed by atoms with Crippen LogP contribution in [-0.4, -0.2) is 31.7 Å². The first-order valence-electron chi connectivity index (χ1n) is 5.58. The third-order valence-electron chi connectivity index (χ3n) is 2.52. The highest BCUT2D eigenvalue weighted by Gasteiger charge is 2.17. The lowest BCUT2D eigenvalue weighted by molar-refractivity contribution is -0.119. The fraction of sp³-hybridized carbons (Fsp3) is 0.167. The Morgan fingerprint density at radius 2 is 2.16 bits per heavy atom. The lowest BCUT2D eigenvalue weighted by atomic mass is 10.3. The zero-order valence-corrected chi connectivity index (χ0v) is 10.1. The van der Waals surface area contributed by atoms with Crippen LogP contribution in [0.1, 0.15) is 23.5 Å². The monoisotopic (exact) mass is 260 g/mol. The molecule has 1 unspecified atom stereocenters. The lowest BCUT2D eigenvalue weighted by Crippen LogP contribution is -2.24. The predicted molar refractivity (Wildman–Crippen MR) is 66.8 cm³/mol. The Balaban J connectivity index is 2.08. The van der Waals surface area contributed by atoms with Gasteiger partial charge in [0.05, 0.1) is 0 Å². The zero-order chi connectivity index (χ0) is 13.8. The molecule has 7 nitrogen and oxygen atoms in total. The van der Waals surface area contributed by atoms with Crippen LogP contribution in [-0.2, 0) is 4.79 Å². The summed E-state index contributed by atoms with van der Waals surface area (Å²) >= 11 is 0. The topological polar surface area (TPSA) is 97.1 Å². The van der Waals surface area contributed by atoms with Crippen molar-refractivity contribution in [1.82, 2.24) is 14.8 Å². The van der Waals surface area contributed by atoms with Gasteiger partial charge in [-0.3, -0.25) is 9.48 Å². The fourth-order valence-corrected chi connectivity index (χ4v) is 1.46. The van der Waals surface area contributed by atoms with Gasteiger partial charge in [-0.1, -0.05) is 6.07 Å². The molecule has 0 aliphatic carbocycles. The molecule has 0 radical (unpaired) electrons. The summed E-state index contributed by atoms with van der Waals surface area (Å²) in [6.45, 7) is 1.62. The zero-order valence-electron chi connectivity index (χ0n) is 10.1. The van der Waals surface area contributed by atoms with E-state index in [1.54, 1.807) is 31.3 Å². The van der Waals surface area contributed by atoms with Crippen LogP contribution in [0.3, 0.4) is 0 Å². The number of nitrogens with zero attached hydrogens (tertiary/aromatic N) is 3. The Morgan fingerprint density at radius 1 is 1.37 bits per heavy atom. The highest BCUT2D eigenvalue weighted by atomic mass is 16.4. The van der Waals surface area contributed by atoms with Gasteiger partial charge >= 0.3 is 5.97 Å². The Hall–Kier alpha value is -2.70. The highest BCUT2D eigenvalue weighted by Crippen LogP contribution is 2.09. The smallest absolute Gasteiger partial charge is 0.356 e. The Bertz CT molecular complexity index is 594. The van der Waals surface area contributed by atoms with Crippen molar-refractivity contribution in [3.8, 4) is 0 Å². The minimum Gasteiger partial charge on any atom is -0.476 e. The van der Waals surface area contributed by atoms with Crippen LogP contribution in [0.4, 0.5) is 5.82 Å². The highest BCUT2D eigenvalue weighted by molar-refractivity contribution is 5.92. The van der Waals surface area contributed by atoms with E-state index >= 15 is 0 Å². The minimum absolute atomic E-state index is 0.0995. The van der Waals surface area contributed by atoms with Gasteiger partial charge < -0.3 is 10.4 Å². The largest absolute Gasteiger partial charge is 0.476 e. The van der Waals surface area contributed by atoms with Crippen molar-refractivity contribution in [2.75, 3.05) is 5.32 Å². The number of carboxylic acids is 1. The van der Waals surface area contributed by atoms with E-state index in [4.69, 9.17) is 5.11 Å². The molecule has 0 aliphatic heterocycles. The number of pyridine rings is 1. The van der Waals surface area contributed by atoms with E-state index < -0.39 is 12.0 Å². The van der Waals surface area contributed by atoms with Crippen molar-refractivity contribution >= 4 is 17.7 Å². The molecule has 0 aliphatic rings. The molecule has 2 aromatic heterocycles. The second-order valence-electron chi connectivity index (χ2n) is 3.87. The number of carboxylic acid groups (broad SMARTS) is 1. The maximum Gasteiger partial charge on any atom is 0.356 e. The van der Waals surface area contributed by atoms with Crippen LogP contribution in [0.5, 0.6) is 0 Å². The molecule has 0 aromatic carbocycles. The third-order valence-corrected chi connectivity index (χ3v) is 2.52. The summed E-state index contributed by atoms with van der Waals surface area (Å²) < 4.78 is 1.29. The standard InChI is InChI=1S/C12H12N4O3/c1-8(16-7-5-9(15-16)12(18)19)11(17)14-10-4-2-3-6-13-10/h2-8H,1H3,(H,18,19)(H,13,14,17). The number of aromatic carboxylic acids is 1. The first-order chi connectivity index (χ1) is 9.08. The number of nitrogens with one attached hydrogen (secondary N) is 1. The van der Waals surface area contributed by atoms with Crippen LogP contribution in [0.15, 0.2) is 36.7 Å². The first kappa shape index (κ1) is 12.7. The lowest BCUT2D eigenvalue weighted by Gasteiger charge is -2.11. The summed E-state index contributed by atoms with van der Waals surface area (Å²) in [4.78, 5) is 26.6. The molecule has 0 saturated carbocycles. The summed E-state index contributed by atoms with van der Waals surface area (Å²) in [6.07, 6.45) is 3.02. The maximum atomic E-state index is 11.9. The summed E-state index contributed by atoms with van der Waals surface area (Å²) in [5.74, 6) is -1.01. The van der Waals surface area contributed by atoms with Crippen LogP contribution >= 0.6 is 0 Å². The summed E-state index contributed by atoms with van der Waals surface area (Å²) in [5.41, 5.74) is -0.0995. The number of amides is 1. The second-order valence-corrected chi connectivity index (χ2v) is 3.87. The Kier molecular flexibility index (Phi) is 3.56. The van der Waals surface area contributed by atoms with E-state index in [1.807, 2.05) is 0 Å². The van der Waals surface area contributed by atoms with Gasteiger partial charge in [-0.2, -0.15) is 5.10 Å². The molecule has 0 fully saturated rings. The van der Waals surface area contributed by atoms with E-state index in [1.165, 1.54) is 16.9 Å². The molecule has 98 valence electrons. The van der Waals surface area contributed by atoms with Crippen molar-refractivity contribution in [3.05, 3.63) is 42.4 Å². The van der Waals surface area contributed by atoms with Gasteiger partial charge in [-0.05, 0) is 25.1 Å². The third kappa shape index (κ3) is 2.95. The molecular formula is C12H12N4O3. The van der Waals surface area contributed by atoms with Gasteiger partial charge in [0, 0.05) is 12.4 Å². The molecule has 0 saturated heterocycles. The molecule has 7 heteroatoms. The number of hydrogen-bond donors (Lipinski definition) is 2. The first-order valence-corrected chi connectivity index (χ1v) is 5.58. The molecule has 1 atom stereocenters. The van der Waals surface area contributed by atoms with Crippen molar-refractivity contribution in [3.63, 3.8) is 0 Å². The predicted octanol–water partition coefficient (Wildman–Crippen LogP) is 1.18. The average molecular weight is 260 g/mol. The second kappa shape index (κ2) is 5.30. The van der Waals surface area contributed by atoms with E-state index in [2.05, 4.69) is 15.4 Å². The molecule has 0 bridgehead atoms. The van der Waals surface area contributed by atoms with Gasteiger partial charge in [0.1, 0.15) is 11.9 Å². The SMILES string of the molecule is CC(C(=O)Nc1ccccn1)n1ccc(C(=O)O)n1. The maximum absolute atomic E-state index is 11.9. The Morgan fingerprint density at radius 3 is 2.74 bits per heavy atom. The van der Waals surface area contributed by atoms with E-state index in [0.29, 0.717) is 5.82 Å². The number of carbonyl (C=O) groups excluding carboxylic acids is 1. The molecule has 0 spiro atoms. The molecule has 2 N–H and O–H groups in total. The molecule has 2 aromatic rings. The van der Waals surface area contributed by atoms with Crippen LogP contribution in [0.2, 0.25) is 0 Å². The fourth-order valence-electron chi connectivity index (χ4n) is 1.46. The quantitative estimate of drug-likeness (QED) is 0.860. The van der Waals surface area contributed by atoms with Crippen molar-refractivity contribution < 1.29 is 14.7 Å². The summed E-state index contributed by atoms with van der Waals surface area (Å²) in [6, 6.07) is 5.87. The van der Waals surface area contributed by atoms with Crippen LogP contribution in [0.25, 0.3) is 0 Å². The molecular weight excluding hydrogens is 248 g/mol. The van der Waals surface area contributed by atoms with Gasteiger partial charge in [0.2, 0.25) is 5.91 Å². The van der Waals surface area contributed by atoms with Gasteiger partial charge in [0.15, 0.2) is 5.69 Å². The number of rotatable bonds is 4. The van der Waals surface area contributed by atoms with E-state index in [9.17, 15) is 9.59 Å². The normalized spacial score (nSPS) is 11.8. The molecule has 1 amide bonds. The van der Waals surface area contributed by atoms with Crippen molar-refractivity contribution in [2.24, 2.45) is 0 Å². The summed E-state index contributed by atoms with van der Waals surface area (Å²) in [5, 5.41) is 15.2. The minimum atomic E-state index is -1.13. The van der Waals surface area contributed by atoms with Crippen molar-refractivity contribution in [1.29, 1.82) is 0 Å². The van der Waals surface area contributed by atoms with Crippen molar-refractivity contribution in [2.45, 2.75) is 13.0 Å². The van der Waals surface area contributed by atoms with E-state index in [0.717, 1.165) is 0 Å². The van der Waals surface area contributed by atoms with E-state index in [-0.39, 0.29) is 11.6 Å². The molecule has 2 heterocycles. The van der Waals surface area contributed by atoms with Gasteiger partial charge in [-0.15, -0.1) is 0 Å². The van der Waals surface area contributed by atoms with Gasteiger partial charge in [0.25, 0.3) is 0 Å². The number of hydrogen-bond acceptors (Lipinski definition) is 4. The summed E-state index contributed by atoms with van der Waals surface area (Å²) in [7, 11) is 0.